The van der Waals surface area contributed by atoms with E-state index in [2.05, 4.69) is 12.7 Å². The summed E-state index contributed by atoms with van der Waals surface area (Å²) in [6, 6.07) is 4.57. The third kappa shape index (κ3) is 9.83. The van der Waals surface area contributed by atoms with E-state index in [-0.39, 0.29) is 8.80 Å². The Morgan fingerprint density at radius 3 is 2.00 bits per heavy atom. The highest BCUT2D eigenvalue weighted by molar-refractivity contribution is 6.59. The van der Waals surface area contributed by atoms with Crippen LogP contribution < -0.4 is 0 Å². The first kappa shape index (κ1) is 12.9. The first-order chi connectivity index (χ1) is 6.16. The van der Waals surface area contributed by atoms with E-state index in [1.54, 1.807) is 12.1 Å². The smallest absolute Gasteiger partial charge is 0.0405 e. The monoisotopic (exact) mass is 199 g/mol. The van der Waals surface area contributed by atoms with E-state index in [1.165, 1.54) is 25.3 Å². The van der Waals surface area contributed by atoms with Crippen molar-refractivity contribution in [1.82, 2.24) is 4.90 Å². The second-order valence-electron chi connectivity index (χ2n) is 4.37. The van der Waals surface area contributed by atoms with Crippen LogP contribution in [0.15, 0.2) is 12.7 Å². The van der Waals surface area contributed by atoms with Gasteiger partial charge in [0.1, 0.15) is 0 Å². The molecule has 0 amide bonds. The molecule has 1 aliphatic heterocycles. The van der Waals surface area contributed by atoms with Crippen LogP contribution in [0.5, 0.6) is 0 Å². The van der Waals surface area contributed by atoms with Crippen LogP contribution in [0.3, 0.4) is 0 Å². The molecule has 0 aromatic rings. The summed E-state index contributed by atoms with van der Waals surface area (Å²) in [7, 11) is 5.76. The van der Waals surface area contributed by atoms with E-state index < -0.39 is 0 Å². The molecule has 0 unspecified atom stereocenters. The zero-order valence-corrected chi connectivity index (χ0v) is 10.7. The number of hydrogen-bond acceptors (Lipinski definition) is 1. The highest BCUT2D eigenvalue weighted by Crippen LogP contribution is 2.21. The third-order valence-corrected chi connectivity index (χ3v) is 5.67. The lowest BCUT2D eigenvalue weighted by molar-refractivity contribution is 0.505. The Balaban J connectivity index is 0.000000310. The van der Waals surface area contributed by atoms with Crippen LogP contribution in [0.2, 0.25) is 18.1 Å². The van der Waals surface area contributed by atoms with Gasteiger partial charge in [-0.05, 0) is 27.2 Å². The molecule has 1 aliphatic rings. The van der Waals surface area contributed by atoms with Gasteiger partial charge in [0, 0.05) is 8.80 Å². The van der Waals surface area contributed by atoms with Gasteiger partial charge in [-0.1, -0.05) is 37.4 Å². The molecule has 1 saturated heterocycles. The SMILES string of the molecule is C=CC[SiH]1CCCCC1.CN(C)C. The molecule has 13 heavy (non-hydrogen) atoms. The fourth-order valence-electron chi connectivity index (χ4n) is 1.66. The summed E-state index contributed by atoms with van der Waals surface area (Å²) < 4.78 is 0. The molecule has 0 aliphatic carbocycles. The molecule has 0 N–H and O–H groups in total. The van der Waals surface area contributed by atoms with Crippen molar-refractivity contribution in [2.24, 2.45) is 0 Å². The maximum Gasteiger partial charge on any atom is 0.0405 e. The fourth-order valence-corrected chi connectivity index (χ4v) is 4.62. The highest BCUT2D eigenvalue weighted by atomic mass is 28.3. The molecule has 78 valence electrons. The van der Waals surface area contributed by atoms with Crippen molar-refractivity contribution < 1.29 is 0 Å². The maximum atomic E-state index is 3.79. The maximum absolute atomic E-state index is 3.79. The van der Waals surface area contributed by atoms with Gasteiger partial charge in [-0.3, -0.25) is 0 Å². The van der Waals surface area contributed by atoms with Gasteiger partial charge in [0.2, 0.25) is 0 Å². The molecule has 0 aromatic heterocycles. The second-order valence-corrected chi connectivity index (χ2v) is 7.73. The lowest BCUT2D eigenvalue weighted by atomic mass is 10.3. The molecule has 1 fully saturated rings. The largest absolute Gasteiger partial charge is 0.312 e. The standard InChI is InChI=1S/C8H16Si.C3H9N/c1-2-6-9-7-4-3-5-8-9;1-4(2)3/h2,9H,1,3-8H2;1-3H3. The minimum atomic E-state index is -0.244. The van der Waals surface area contributed by atoms with Gasteiger partial charge >= 0.3 is 0 Å². The molecule has 0 radical (unpaired) electrons. The van der Waals surface area contributed by atoms with E-state index in [4.69, 9.17) is 0 Å². The predicted octanol–water partition coefficient (Wildman–Crippen LogP) is 2.76. The van der Waals surface area contributed by atoms with Crippen LogP contribution in [-0.2, 0) is 0 Å². The minimum Gasteiger partial charge on any atom is -0.312 e. The molecule has 0 atom stereocenters. The first-order valence-corrected chi connectivity index (χ1v) is 7.83. The van der Waals surface area contributed by atoms with Crippen molar-refractivity contribution in [3.8, 4) is 0 Å². The Kier molecular flexibility index (Phi) is 8.46. The molecule has 1 heterocycles. The van der Waals surface area contributed by atoms with Gasteiger partial charge < -0.3 is 4.90 Å². The van der Waals surface area contributed by atoms with E-state index in [0.717, 1.165) is 0 Å². The van der Waals surface area contributed by atoms with Crippen molar-refractivity contribution >= 4 is 8.80 Å². The Bertz CT molecular complexity index is 115. The van der Waals surface area contributed by atoms with Crippen LogP contribution in [0.25, 0.3) is 0 Å². The molecule has 0 bridgehead atoms. The second kappa shape index (κ2) is 8.51. The van der Waals surface area contributed by atoms with Crippen LogP contribution >= 0.6 is 0 Å². The Morgan fingerprint density at radius 2 is 1.62 bits per heavy atom. The Morgan fingerprint density at radius 1 is 1.15 bits per heavy atom. The Hall–Kier alpha value is -0.0831. The summed E-state index contributed by atoms with van der Waals surface area (Å²) in [5, 5.41) is 0. The van der Waals surface area contributed by atoms with Crippen molar-refractivity contribution in [3.63, 3.8) is 0 Å². The molecule has 0 saturated carbocycles. The summed E-state index contributed by atoms with van der Waals surface area (Å²) >= 11 is 0. The predicted molar refractivity (Wildman–Crippen MR) is 65.2 cm³/mol. The van der Waals surface area contributed by atoms with Crippen LogP contribution in [0.4, 0.5) is 0 Å². The topological polar surface area (TPSA) is 3.24 Å². The average Bonchev–Trinajstić information content (AvgIpc) is 2.06. The molecule has 1 nitrogen and oxygen atoms in total. The Labute approximate surface area is 85.4 Å². The van der Waals surface area contributed by atoms with Crippen molar-refractivity contribution in [3.05, 3.63) is 12.7 Å². The highest BCUT2D eigenvalue weighted by Gasteiger charge is 2.12. The van der Waals surface area contributed by atoms with E-state index in [9.17, 15) is 0 Å². The average molecular weight is 199 g/mol. The molecule has 1 rings (SSSR count). The molecule has 0 spiro atoms. The summed E-state index contributed by atoms with van der Waals surface area (Å²) in [5.74, 6) is 0. The summed E-state index contributed by atoms with van der Waals surface area (Å²) in [6.45, 7) is 3.79. The molecular formula is C11H25NSi. The quantitative estimate of drug-likeness (QED) is 0.488. The van der Waals surface area contributed by atoms with Gasteiger partial charge in [0.15, 0.2) is 0 Å². The summed E-state index contributed by atoms with van der Waals surface area (Å²) in [4.78, 5) is 2.00. The third-order valence-electron chi connectivity index (χ3n) is 2.22. The normalized spacial score (nSPS) is 17.8. The number of allylic oxidation sites excluding steroid dienone is 1. The van der Waals surface area contributed by atoms with Crippen molar-refractivity contribution in [2.45, 2.75) is 37.4 Å². The van der Waals surface area contributed by atoms with Gasteiger partial charge in [0.25, 0.3) is 0 Å². The van der Waals surface area contributed by atoms with Crippen molar-refractivity contribution in [2.75, 3.05) is 21.1 Å². The van der Waals surface area contributed by atoms with E-state index in [0.29, 0.717) is 0 Å². The molecule has 0 aromatic carbocycles. The van der Waals surface area contributed by atoms with Gasteiger partial charge in [-0.15, -0.1) is 6.58 Å². The van der Waals surface area contributed by atoms with Crippen molar-refractivity contribution in [1.29, 1.82) is 0 Å². The van der Waals surface area contributed by atoms with E-state index in [1.807, 2.05) is 26.0 Å². The lowest BCUT2D eigenvalue weighted by Gasteiger charge is -2.17. The molecule has 2 heteroatoms. The minimum absolute atomic E-state index is 0.244. The van der Waals surface area contributed by atoms with Crippen LogP contribution in [0.1, 0.15) is 19.3 Å². The number of hydrogen-bond donors (Lipinski definition) is 0. The van der Waals surface area contributed by atoms with Gasteiger partial charge in [-0.25, -0.2) is 0 Å². The zero-order chi connectivity index (χ0) is 10.1. The fraction of sp³-hybridized carbons (Fsp3) is 0.818. The van der Waals surface area contributed by atoms with Crippen LogP contribution in [0, 0.1) is 0 Å². The van der Waals surface area contributed by atoms with Gasteiger partial charge in [0.05, 0.1) is 0 Å². The number of nitrogens with zero attached hydrogens (tertiary/aromatic N) is 1. The molecular weight excluding hydrogens is 174 g/mol. The summed E-state index contributed by atoms with van der Waals surface area (Å²) in [5.41, 5.74) is 0. The van der Waals surface area contributed by atoms with Gasteiger partial charge in [-0.2, -0.15) is 0 Å². The lowest BCUT2D eigenvalue weighted by Crippen LogP contribution is -2.14. The van der Waals surface area contributed by atoms with E-state index >= 15 is 0 Å². The van der Waals surface area contributed by atoms with Crippen LogP contribution in [-0.4, -0.2) is 34.8 Å². The first-order valence-electron chi connectivity index (χ1n) is 5.38. The number of rotatable bonds is 2. The zero-order valence-electron chi connectivity index (χ0n) is 9.55. The summed E-state index contributed by atoms with van der Waals surface area (Å²) in [6.07, 6.45) is 6.66.